The minimum atomic E-state index is 0.170. The van der Waals surface area contributed by atoms with Crippen LogP contribution in [0.4, 0.5) is 0 Å². The van der Waals surface area contributed by atoms with Gasteiger partial charge < -0.3 is 9.15 Å². The molecule has 5 atom stereocenters. The second-order valence-corrected chi connectivity index (χ2v) is 15.2. The predicted molar refractivity (Wildman–Crippen MR) is 216 cm³/mol. The molecule has 8 aromatic rings. The van der Waals surface area contributed by atoms with Gasteiger partial charge >= 0.3 is 0 Å². The number of furan rings is 1. The Labute approximate surface area is 313 Å². The van der Waals surface area contributed by atoms with E-state index in [1.54, 1.807) is 0 Å². The fourth-order valence-corrected chi connectivity index (χ4v) is 9.93. The lowest BCUT2D eigenvalue weighted by Crippen LogP contribution is -2.40. The maximum absolute atomic E-state index is 6.80. The fourth-order valence-electron chi connectivity index (χ4n) is 9.93. The van der Waals surface area contributed by atoms with Crippen molar-refractivity contribution >= 4 is 27.5 Å². The molecule has 5 unspecified atom stereocenters. The predicted octanol–water partition coefficient (Wildman–Crippen LogP) is 12.3. The van der Waals surface area contributed by atoms with E-state index in [4.69, 9.17) is 19.1 Å². The van der Waals surface area contributed by atoms with Gasteiger partial charge in [-0.3, -0.25) is 0 Å². The fraction of sp³-hybridized carbons (Fsp3) is 0.120. The number of benzene rings is 6. The van der Waals surface area contributed by atoms with E-state index < -0.39 is 0 Å². The molecule has 256 valence electrons. The van der Waals surface area contributed by atoms with Crippen LogP contribution in [0.1, 0.15) is 34.9 Å². The average Bonchev–Trinajstić information content (AvgIpc) is 3.91. The van der Waals surface area contributed by atoms with Crippen molar-refractivity contribution in [2.24, 2.45) is 11.8 Å². The first-order chi connectivity index (χ1) is 26.7. The molecule has 3 aliphatic carbocycles. The number of hydrogen-bond donors (Lipinski definition) is 0. The lowest BCUT2D eigenvalue weighted by Gasteiger charge is -2.41. The van der Waals surface area contributed by atoms with Gasteiger partial charge in [0.25, 0.3) is 0 Å². The van der Waals surface area contributed by atoms with Gasteiger partial charge in [-0.05, 0) is 76.6 Å². The van der Waals surface area contributed by atoms with Gasteiger partial charge in [-0.2, -0.15) is 0 Å². The van der Waals surface area contributed by atoms with Gasteiger partial charge in [0.2, 0.25) is 0 Å². The van der Waals surface area contributed by atoms with E-state index in [2.05, 4.69) is 127 Å². The molecule has 4 nitrogen and oxygen atoms in total. The molecule has 54 heavy (non-hydrogen) atoms. The standard InChI is InChI=1S/C50H34N2O2/c1-2-9-30(10-3-1)43-28-44(33-21-23-37-36-13-6-7-16-45(36)53-47(37)26-33)52-50(51-43)31-19-17-29(18-20-31)32-22-24-46-40(25-32)42-27-41-35-12-5-4-11-34(35)38-14-8-15-39(48(38)41)49(42)54-46/h1-26,28,39,41-42,48-49H,27H2. The molecule has 1 fully saturated rings. The van der Waals surface area contributed by atoms with Gasteiger partial charge in [0.1, 0.15) is 23.0 Å². The summed E-state index contributed by atoms with van der Waals surface area (Å²) < 4.78 is 13.1. The lowest BCUT2D eigenvalue weighted by molar-refractivity contribution is 0.0920. The first-order valence-corrected chi connectivity index (χ1v) is 19.0. The largest absolute Gasteiger partial charge is 0.489 e. The zero-order chi connectivity index (χ0) is 35.3. The van der Waals surface area contributed by atoms with Crippen LogP contribution in [-0.2, 0) is 0 Å². The van der Waals surface area contributed by atoms with Crippen LogP contribution in [0.2, 0.25) is 0 Å². The third kappa shape index (κ3) is 4.50. The van der Waals surface area contributed by atoms with Gasteiger partial charge in [-0.15, -0.1) is 0 Å². The second kappa shape index (κ2) is 11.5. The molecule has 0 radical (unpaired) electrons. The number of ether oxygens (including phenoxy) is 1. The Bertz CT molecular complexity index is 2870. The highest BCUT2D eigenvalue weighted by atomic mass is 16.5. The average molecular weight is 695 g/mol. The van der Waals surface area contributed by atoms with Crippen LogP contribution in [-0.4, -0.2) is 16.1 Å². The Morgan fingerprint density at radius 3 is 2.19 bits per heavy atom. The van der Waals surface area contributed by atoms with E-state index in [0.29, 0.717) is 29.5 Å². The normalized spacial score (nSPS) is 21.6. The molecule has 1 saturated carbocycles. The molecule has 3 heterocycles. The molecule has 0 saturated heterocycles. The van der Waals surface area contributed by atoms with Crippen molar-refractivity contribution in [3.05, 3.63) is 181 Å². The summed E-state index contributed by atoms with van der Waals surface area (Å²) in [6, 6.07) is 51.5. The monoisotopic (exact) mass is 694 g/mol. The number of nitrogens with zero attached hydrogens (tertiary/aromatic N) is 2. The zero-order valence-corrected chi connectivity index (χ0v) is 29.4. The van der Waals surface area contributed by atoms with Crippen LogP contribution in [0.15, 0.2) is 168 Å². The van der Waals surface area contributed by atoms with Crippen LogP contribution in [0, 0.1) is 11.8 Å². The summed E-state index contributed by atoms with van der Waals surface area (Å²) in [5.41, 5.74) is 14.7. The molecule has 0 bridgehead atoms. The summed E-state index contributed by atoms with van der Waals surface area (Å²) in [5.74, 6) is 3.52. The summed E-state index contributed by atoms with van der Waals surface area (Å²) in [7, 11) is 0. The van der Waals surface area contributed by atoms with E-state index in [9.17, 15) is 0 Å². The smallest absolute Gasteiger partial charge is 0.160 e. The minimum Gasteiger partial charge on any atom is -0.489 e. The number of aromatic nitrogens is 2. The van der Waals surface area contributed by atoms with Gasteiger partial charge in [-0.1, -0.05) is 127 Å². The van der Waals surface area contributed by atoms with Crippen molar-refractivity contribution in [1.82, 2.24) is 9.97 Å². The second-order valence-electron chi connectivity index (χ2n) is 15.2. The van der Waals surface area contributed by atoms with Crippen LogP contribution >= 0.6 is 0 Å². The highest BCUT2D eigenvalue weighted by Gasteiger charge is 2.54. The van der Waals surface area contributed by atoms with Crippen molar-refractivity contribution < 1.29 is 9.15 Å². The van der Waals surface area contributed by atoms with E-state index in [-0.39, 0.29) is 6.10 Å². The summed E-state index contributed by atoms with van der Waals surface area (Å²) in [6.07, 6.45) is 8.30. The molecule has 2 aromatic heterocycles. The van der Waals surface area contributed by atoms with E-state index in [0.717, 1.165) is 62.2 Å². The summed E-state index contributed by atoms with van der Waals surface area (Å²) in [6.45, 7) is 0. The van der Waals surface area contributed by atoms with Crippen molar-refractivity contribution in [3.8, 4) is 50.8 Å². The maximum atomic E-state index is 6.80. The van der Waals surface area contributed by atoms with Crippen molar-refractivity contribution in [3.63, 3.8) is 0 Å². The molecule has 6 aromatic carbocycles. The van der Waals surface area contributed by atoms with Crippen molar-refractivity contribution in [2.75, 3.05) is 0 Å². The van der Waals surface area contributed by atoms with Crippen molar-refractivity contribution in [2.45, 2.75) is 24.4 Å². The molecule has 0 spiro atoms. The van der Waals surface area contributed by atoms with Crippen LogP contribution < -0.4 is 4.74 Å². The summed E-state index contributed by atoms with van der Waals surface area (Å²) >= 11 is 0. The molecule has 12 rings (SSSR count). The summed E-state index contributed by atoms with van der Waals surface area (Å²) in [5, 5.41) is 2.22. The Morgan fingerprint density at radius 1 is 0.537 bits per heavy atom. The maximum Gasteiger partial charge on any atom is 0.160 e. The highest BCUT2D eigenvalue weighted by molar-refractivity contribution is 6.05. The third-order valence-corrected chi connectivity index (χ3v) is 12.4. The Hall–Kier alpha value is -6.52. The lowest BCUT2D eigenvalue weighted by atomic mass is 9.63. The van der Waals surface area contributed by atoms with E-state index in [1.807, 2.05) is 36.4 Å². The SMILES string of the molecule is C1=CC2C3Oc4ccc(-c5ccc(-c6nc(-c7ccccc7)cc(-c7ccc8c(c7)oc7ccccc78)n6)cc5)cc4C3CC3c4ccccc4C(=C1)C32. The Kier molecular flexibility index (Phi) is 6.38. The molecule has 4 heteroatoms. The number of fused-ring (bicyclic) bond motifs is 10. The van der Waals surface area contributed by atoms with Crippen LogP contribution in [0.5, 0.6) is 5.75 Å². The van der Waals surface area contributed by atoms with Crippen molar-refractivity contribution in [1.29, 1.82) is 0 Å². The number of allylic oxidation sites excluding steroid dienone is 3. The zero-order valence-electron chi connectivity index (χ0n) is 29.4. The molecule has 1 aliphatic heterocycles. The number of hydrogen-bond acceptors (Lipinski definition) is 4. The highest BCUT2D eigenvalue weighted by Crippen LogP contribution is 2.62. The van der Waals surface area contributed by atoms with Gasteiger partial charge in [0, 0.05) is 50.8 Å². The topological polar surface area (TPSA) is 48.2 Å². The van der Waals surface area contributed by atoms with Crippen LogP contribution in [0.25, 0.3) is 72.5 Å². The Morgan fingerprint density at radius 2 is 1.28 bits per heavy atom. The molecular formula is C50H34N2O2. The first kappa shape index (κ1) is 30.0. The first-order valence-electron chi connectivity index (χ1n) is 19.0. The third-order valence-electron chi connectivity index (χ3n) is 12.4. The number of rotatable bonds is 4. The molecule has 0 amide bonds. The van der Waals surface area contributed by atoms with E-state index in [1.165, 1.54) is 33.4 Å². The van der Waals surface area contributed by atoms with Gasteiger partial charge in [-0.25, -0.2) is 9.97 Å². The van der Waals surface area contributed by atoms with Gasteiger partial charge in [0.15, 0.2) is 5.82 Å². The molecule has 4 aliphatic rings. The molecular weight excluding hydrogens is 661 g/mol. The van der Waals surface area contributed by atoms with Gasteiger partial charge in [0.05, 0.1) is 11.4 Å². The molecule has 0 N–H and O–H groups in total. The minimum absolute atomic E-state index is 0.170. The van der Waals surface area contributed by atoms with Crippen LogP contribution in [0.3, 0.4) is 0 Å². The summed E-state index contributed by atoms with van der Waals surface area (Å²) in [4.78, 5) is 10.2. The Balaban J connectivity index is 0.892. The van der Waals surface area contributed by atoms with E-state index >= 15 is 0 Å². The quantitative estimate of drug-likeness (QED) is 0.184. The number of para-hydroxylation sites is 1.